The molecule has 1 unspecified atom stereocenters. The average Bonchev–Trinajstić information content (AvgIpc) is 3.06. The van der Waals surface area contributed by atoms with E-state index in [2.05, 4.69) is 27.8 Å². The highest BCUT2D eigenvalue weighted by molar-refractivity contribution is 7.15. The number of amides is 2. The Kier molecular flexibility index (Phi) is 8.01. The van der Waals surface area contributed by atoms with Crippen LogP contribution in [-0.4, -0.2) is 33.3 Å². The summed E-state index contributed by atoms with van der Waals surface area (Å²) in [4.78, 5) is 23.1. The molecule has 140 valence electrons. The van der Waals surface area contributed by atoms with Gasteiger partial charge in [-0.05, 0) is 24.8 Å². The van der Waals surface area contributed by atoms with Crippen LogP contribution in [0.1, 0.15) is 43.2 Å². The molecule has 1 atom stereocenters. The van der Waals surface area contributed by atoms with Gasteiger partial charge >= 0.3 is 12.0 Å². The first kappa shape index (κ1) is 19.8. The molecule has 0 aliphatic rings. The molecule has 0 saturated carbocycles. The quantitative estimate of drug-likeness (QED) is 0.589. The van der Waals surface area contributed by atoms with Gasteiger partial charge < -0.3 is 10.4 Å². The van der Waals surface area contributed by atoms with Gasteiger partial charge in [0.2, 0.25) is 5.13 Å². The van der Waals surface area contributed by atoms with E-state index in [1.54, 1.807) is 0 Å². The Bertz CT molecular complexity index is 705. The molecule has 0 radical (unpaired) electrons. The number of hydrogen-bond donors (Lipinski definition) is 3. The number of rotatable bonds is 10. The summed E-state index contributed by atoms with van der Waals surface area (Å²) in [5.74, 6) is -0.880. The fraction of sp³-hybridized carbons (Fsp3) is 0.444. The second-order valence-electron chi connectivity index (χ2n) is 6.02. The molecular formula is C18H24N4O3S. The summed E-state index contributed by atoms with van der Waals surface area (Å²) in [5, 5.41) is 23.8. The second kappa shape index (κ2) is 10.5. The molecule has 0 spiro atoms. The number of carboxylic acid groups (broad SMARTS) is 1. The number of aromatic nitrogens is 2. The summed E-state index contributed by atoms with van der Waals surface area (Å²) in [6.45, 7) is 2.11. The van der Waals surface area contributed by atoms with E-state index in [-0.39, 0.29) is 12.5 Å². The van der Waals surface area contributed by atoms with E-state index in [0.29, 0.717) is 18.0 Å². The zero-order valence-corrected chi connectivity index (χ0v) is 15.6. The normalized spacial score (nSPS) is 11.7. The highest BCUT2D eigenvalue weighted by Gasteiger charge is 2.16. The minimum atomic E-state index is -0.880. The Labute approximate surface area is 156 Å². The number of anilines is 1. The number of nitrogens with one attached hydrogen (secondary N) is 2. The molecule has 0 aliphatic carbocycles. The van der Waals surface area contributed by atoms with E-state index in [9.17, 15) is 9.59 Å². The minimum Gasteiger partial charge on any atom is -0.481 e. The van der Waals surface area contributed by atoms with Gasteiger partial charge in [-0.25, -0.2) is 4.79 Å². The van der Waals surface area contributed by atoms with Gasteiger partial charge in [0.1, 0.15) is 5.01 Å². The Hall–Kier alpha value is -2.48. The fourth-order valence-electron chi connectivity index (χ4n) is 2.47. The molecule has 7 nitrogen and oxygen atoms in total. The third-order valence-corrected chi connectivity index (χ3v) is 4.70. The van der Waals surface area contributed by atoms with Crippen LogP contribution in [0.2, 0.25) is 0 Å². The first-order valence-corrected chi connectivity index (χ1v) is 9.54. The Morgan fingerprint density at radius 1 is 1.23 bits per heavy atom. The number of aryl methyl sites for hydroxylation is 1. The Morgan fingerprint density at radius 3 is 2.69 bits per heavy atom. The van der Waals surface area contributed by atoms with Crippen LogP contribution < -0.4 is 10.6 Å². The largest absolute Gasteiger partial charge is 0.481 e. The lowest BCUT2D eigenvalue weighted by molar-refractivity contribution is -0.137. The second-order valence-corrected chi connectivity index (χ2v) is 7.08. The molecule has 2 rings (SSSR count). The molecule has 0 bridgehead atoms. The van der Waals surface area contributed by atoms with Crippen molar-refractivity contribution >= 4 is 28.5 Å². The average molecular weight is 376 g/mol. The van der Waals surface area contributed by atoms with Crippen LogP contribution in [0.15, 0.2) is 30.3 Å². The molecule has 0 aliphatic heterocycles. The number of benzene rings is 1. The lowest BCUT2D eigenvalue weighted by Gasteiger charge is -2.18. The van der Waals surface area contributed by atoms with Crippen molar-refractivity contribution in [1.29, 1.82) is 0 Å². The first-order chi connectivity index (χ1) is 12.6. The van der Waals surface area contributed by atoms with E-state index < -0.39 is 12.0 Å². The number of urea groups is 1. The molecule has 2 amide bonds. The third kappa shape index (κ3) is 7.18. The zero-order valence-electron chi connectivity index (χ0n) is 14.8. The molecule has 8 heteroatoms. The third-order valence-electron chi connectivity index (χ3n) is 3.80. The molecule has 1 aromatic carbocycles. The van der Waals surface area contributed by atoms with Crippen LogP contribution >= 0.6 is 11.3 Å². The van der Waals surface area contributed by atoms with E-state index in [1.165, 1.54) is 11.3 Å². The van der Waals surface area contributed by atoms with E-state index >= 15 is 0 Å². The number of nitrogens with zero attached hydrogens (tertiary/aromatic N) is 2. The molecule has 0 saturated heterocycles. The van der Waals surface area contributed by atoms with Crippen molar-refractivity contribution < 1.29 is 14.7 Å². The smallest absolute Gasteiger partial charge is 0.321 e. The van der Waals surface area contributed by atoms with Gasteiger partial charge in [0.25, 0.3) is 0 Å². The monoisotopic (exact) mass is 376 g/mol. The van der Waals surface area contributed by atoms with Crippen LogP contribution in [0.25, 0.3) is 0 Å². The van der Waals surface area contributed by atoms with E-state index in [1.807, 2.05) is 30.3 Å². The van der Waals surface area contributed by atoms with E-state index in [4.69, 9.17) is 5.11 Å². The highest BCUT2D eigenvalue weighted by Crippen LogP contribution is 2.17. The van der Waals surface area contributed by atoms with Gasteiger partial charge in [-0.1, -0.05) is 55.0 Å². The van der Waals surface area contributed by atoms with Crippen LogP contribution in [0.4, 0.5) is 9.93 Å². The maximum absolute atomic E-state index is 12.3. The van der Waals surface area contributed by atoms with Gasteiger partial charge in [0.15, 0.2) is 0 Å². The molecular weight excluding hydrogens is 352 g/mol. The Morgan fingerprint density at radius 2 is 2.00 bits per heavy atom. The van der Waals surface area contributed by atoms with Crippen molar-refractivity contribution in [2.75, 3.05) is 5.32 Å². The molecule has 26 heavy (non-hydrogen) atoms. The first-order valence-electron chi connectivity index (χ1n) is 8.72. The predicted octanol–water partition coefficient (Wildman–Crippen LogP) is 3.48. The minimum absolute atomic E-state index is 0.00223. The molecule has 0 fully saturated rings. The lowest BCUT2D eigenvalue weighted by atomic mass is 10.0. The number of carboxylic acids is 1. The maximum Gasteiger partial charge on any atom is 0.321 e. The summed E-state index contributed by atoms with van der Waals surface area (Å²) < 4.78 is 0. The highest BCUT2D eigenvalue weighted by atomic mass is 32.1. The number of unbranched alkanes of at least 4 members (excludes halogenated alkanes) is 1. The van der Waals surface area contributed by atoms with Crippen molar-refractivity contribution in [2.24, 2.45) is 0 Å². The molecule has 1 heterocycles. The van der Waals surface area contributed by atoms with Gasteiger partial charge in [-0.15, -0.1) is 10.2 Å². The summed E-state index contributed by atoms with van der Waals surface area (Å²) >= 11 is 1.36. The molecule has 3 N–H and O–H groups in total. The van der Waals surface area contributed by atoms with Crippen LogP contribution in [0.3, 0.4) is 0 Å². The van der Waals surface area contributed by atoms with Crippen LogP contribution in [0, 0.1) is 0 Å². The van der Waals surface area contributed by atoms with Crippen molar-refractivity contribution in [2.45, 2.75) is 51.5 Å². The standard InChI is InChI=1S/C18H24N4O3S/c1-2-3-9-15-21-22-18(26-15)20-17(25)19-14(10-11-16(23)24)12-13-7-5-4-6-8-13/h4-8,14H,2-3,9-12H2,1H3,(H,23,24)(H2,19,20,22,25). The topological polar surface area (TPSA) is 104 Å². The number of carbonyl (C=O) groups is 2. The number of carbonyl (C=O) groups excluding carboxylic acids is 1. The molecule has 2 aromatic rings. The van der Waals surface area contributed by atoms with E-state index in [0.717, 1.165) is 29.8 Å². The number of hydrogen-bond acceptors (Lipinski definition) is 5. The van der Waals surface area contributed by atoms with Crippen molar-refractivity contribution in [3.63, 3.8) is 0 Å². The SMILES string of the molecule is CCCCc1nnc(NC(=O)NC(CCC(=O)O)Cc2ccccc2)s1. The maximum atomic E-state index is 12.3. The summed E-state index contributed by atoms with van der Waals surface area (Å²) in [7, 11) is 0. The molecule has 1 aromatic heterocycles. The fourth-order valence-corrected chi connectivity index (χ4v) is 3.25. The predicted molar refractivity (Wildman–Crippen MR) is 101 cm³/mol. The van der Waals surface area contributed by atoms with Crippen molar-refractivity contribution in [3.8, 4) is 0 Å². The van der Waals surface area contributed by atoms with Crippen LogP contribution in [-0.2, 0) is 17.6 Å². The zero-order chi connectivity index (χ0) is 18.8. The lowest BCUT2D eigenvalue weighted by Crippen LogP contribution is -2.39. The van der Waals surface area contributed by atoms with Crippen molar-refractivity contribution in [1.82, 2.24) is 15.5 Å². The van der Waals surface area contributed by atoms with Gasteiger partial charge in [0.05, 0.1) is 0 Å². The Balaban J connectivity index is 1.91. The summed E-state index contributed by atoms with van der Waals surface area (Å²) in [6.07, 6.45) is 3.89. The van der Waals surface area contributed by atoms with Gasteiger partial charge in [-0.2, -0.15) is 0 Å². The summed E-state index contributed by atoms with van der Waals surface area (Å²) in [6, 6.07) is 9.00. The van der Waals surface area contributed by atoms with Gasteiger partial charge in [0, 0.05) is 18.9 Å². The number of aliphatic carboxylic acids is 1. The van der Waals surface area contributed by atoms with Crippen LogP contribution in [0.5, 0.6) is 0 Å². The summed E-state index contributed by atoms with van der Waals surface area (Å²) in [5.41, 5.74) is 1.04. The van der Waals surface area contributed by atoms with Gasteiger partial charge in [-0.3, -0.25) is 10.1 Å². The van der Waals surface area contributed by atoms with Crippen molar-refractivity contribution in [3.05, 3.63) is 40.9 Å².